The van der Waals surface area contributed by atoms with Crippen LogP contribution in [-0.4, -0.2) is 37.7 Å². The molecule has 0 bridgehead atoms. The van der Waals surface area contributed by atoms with Gasteiger partial charge in [0.1, 0.15) is 6.10 Å². The van der Waals surface area contributed by atoms with E-state index in [1.165, 1.54) is 6.92 Å². The normalized spacial score (nSPS) is 21.9. The van der Waals surface area contributed by atoms with Crippen LogP contribution in [0.1, 0.15) is 93.9 Å². The quantitative estimate of drug-likeness (QED) is 0.113. The van der Waals surface area contributed by atoms with Crippen molar-refractivity contribution in [2.24, 2.45) is 11.8 Å². The van der Waals surface area contributed by atoms with Gasteiger partial charge in [0.15, 0.2) is 0 Å². The average Bonchev–Trinajstić information content (AvgIpc) is 3.48. The minimum atomic E-state index is -1.99. The number of ether oxygens (including phenoxy) is 1. The van der Waals surface area contributed by atoms with Crippen molar-refractivity contribution in [2.75, 3.05) is 0 Å². The Balaban J connectivity index is 2.87. The number of carbonyl (C=O) groups excluding carboxylic acids is 1. The van der Waals surface area contributed by atoms with Crippen molar-refractivity contribution in [2.45, 2.75) is 129 Å². The Bertz CT molecular complexity index is 577. The molecule has 5 heteroatoms. The molecular formula is C27H50O4Si. The van der Waals surface area contributed by atoms with Crippen LogP contribution in [0.4, 0.5) is 0 Å². The highest BCUT2D eigenvalue weighted by atomic mass is 28.4. The lowest BCUT2D eigenvalue weighted by Crippen LogP contribution is -2.50. The van der Waals surface area contributed by atoms with Crippen LogP contribution in [0.25, 0.3) is 0 Å². The zero-order valence-electron chi connectivity index (χ0n) is 22.0. The summed E-state index contributed by atoms with van der Waals surface area (Å²) in [4.78, 5) is 11.4. The highest BCUT2D eigenvalue weighted by molar-refractivity contribution is 6.77. The molecule has 0 heterocycles. The standard InChI is InChI=1S/C27H50O4Si/c1-10-12-13-15-23(30-22(9)28)16-17-26(29)24-18-25(24)27(14-11-2)31-32(19(3)4,20(5)6)21(7)8/h11,16-17,19-21,23-27,29H,2,10,12-15,18H2,1,3-9H3/b17-16+/t23-,24-,25-,26+,27+/m1/s1. The third-order valence-corrected chi connectivity index (χ3v) is 13.3. The lowest BCUT2D eigenvalue weighted by Gasteiger charge is -2.45. The van der Waals surface area contributed by atoms with Crippen molar-refractivity contribution in [3.63, 3.8) is 0 Å². The first-order chi connectivity index (χ1) is 15.0. The Labute approximate surface area is 199 Å². The molecule has 1 rings (SSSR count). The van der Waals surface area contributed by atoms with E-state index >= 15 is 0 Å². The largest absolute Gasteiger partial charge is 0.458 e. The molecule has 0 radical (unpaired) electrons. The van der Waals surface area contributed by atoms with Gasteiger partial charge in [0.2, 0.25) is 8.32 Å². The Hall–Kier alpha value is -0.913. The van der Waals surface area contributed by atoms with E-state index in [9.17, 15) is 9.90 Å². The van der Waals surface area contributed by atoms with Crippen LogP contribution >= 0.6 is 0 Å². The lowest BCUT2D eigenvalue weighted by atomic mass is 10.1. The molecule has 1 N–H and O–H groups in total. The number of esters is 1. The maximum absolute atomic E-state index is 11.4. The fourth-order valence-electron chi connectivity index (χ4n) is 5.58. The maximum Gasteiger partial charge on any atom is 0.303 e. The highest BCUT2D eigenvalue weighted by Crippen LogP contribution is 2.50. The number of hydrogen-bond acceptors (Lipinski definition) is 4. The van der Waals surface area contributed by atoms with Crippen LogP contribution in [0.2, 0.25) is 16.6 Å². The van der Waals surface area contributed by atoms with Crippen LogP contribution in [0.5, 0.6) is 0 Å². The second-order valence-corrected chi connectivity index (χ2v) is 16.0. The van der Waals surface area contributed by atoms with Gasteiger partial charge >= 0.3 is 5.97 Å². The molecule has 0 aromatic rings. The first kappa shape index (κ1) is 29.1. The van der Waals surface area contributed by atoms with E-state index < -0.39 is 14.4 Å². The van der Waals surface area contributed by atoms with E-state index in [1.807, 2.05) is 18.2 Å². The molecule has 0 amide bonds. The lowest BCUT2D eigenvalue weighted by molar-refractivity contribution is -0.144. The predicted molar refractivity (Wildman–Crippen MR) is 137 cm³/mol. The molecule has 32 heavy (non-hydrogen) atoms. The average molecular weight is 467 g/mol. The molecule has 0 spiro atoms. The summed E-state index contributed by atoms with van der Waals surface area (Å²) in [5.41, 5.74) is 1.60. The number of aliphatic hydroxyl groups excluding tert-OH is 1. The third kappa shape index (κ3) is 8.14. The summed E-state index contributed by atoms with van der Waals surface area (Å²) in [5, 5.41) is 10.9. The molecule has 4 nitrogen and oxygen atoms in total. The molecule has 1 saturated carbocycles. The van der Waals surface area contributed by atoms with Crippen molar-refractivity contribution in [1.82, 2.24) is 0 Å². The molecule has 0 aromatic heterocycles. The van der Waals surface area contributed by atoms with Gasteiger partial charge in [-0.3, -0.25) is 4.79 Å². The van der Waals surface area contributed by atoms with E-state index in [0.29, 0.717) is 22.5 Å². The second kappa shape index (κ2) is 13.7. The van der Waals surface area contributed by atoms with Gasteiger partial charge in [-0.2, -0.15) is 0 Å². The highest BCUT2D eigenvalue weighted by Gasteiger charge is 2.52. The van der Waals surface area contributed by atoms with Crippen molar-refractivity contribution in [3.05, 3.63) is 24.8 Å². The Morgan fingerprint density at radius 2 is 1.66 bits per heavy atom. The van der Waals surface area contributed by atoms with Crippen LogP contribution in [0, 0.1) is 11.8 Å². The van der Waals surface area contributed by atoms with Crippen LogP contribution in [0.15, 0.2) is 24.8 Å². The summed E-state index contributed by atoms with van der Waals surface area (Å²) in [7, 11) is -1.99. The first-order valence-corrected chi connectivity index (χ1v) is 15.0. The fraction of sp³-hybridized carbons (Fsp3) is 0.815. The number of aliphatic hydroxyl groups is 1. The van der Waals surface area contributed by atoms with Gasteiger partial charge in [0.05, 0.1) is 12.2 Å². The molecule has 1 aliphatic rings. The van der Waals surface area contributed by atoms with Gasteiger partial charge in [0, 0.05) is 6.92 Å². The molecule has 0 aromatic carbocycles. The van der Waals surface area contributed by atoms with E-state index in [0.717, 1.165) is 38.5 Å². The Kier molecular flexibility index (Phi) is 12.5. The van der Waals surface area contributed by atoms with Crippen molar-refractivity contribution >= 4 is 14.3 Å². The smallest absolute Gasteiger partial charge is 0.303 e. The van der Waals surface area contributed by atoms with Gasteiger partial charge in [-0.25, -0.2) is 0 Å². The Morgan fingerprint density at radius 3 is 2.12 bits per heavy atom. The second-order valence-electron chi connectivity index (χ2n) is 10.6. The molecule has 0 unspecified atom stereocenters. The van der Waals surface area contributed by atoms with Crippen LogP contribution in [-0.2, 0) is 14.0 Å². The number of rotatable bonds is 16. The van der Waals surface area contributed by atoms with E-state index in [4.69, 9.17) is 9.16 Å². The molecule has 186 valence electrons. The maximum atomic E-state index is 11.4. The van der Waals surface area contributed by atoms with Gasteiger partial charge in [-0.1, -0.05) is 73.5 Å². The summed E-state index contributed by atoms with van der Waals surface area (Å²) in [5.74, 6) is 0.276. The summed E-state index contributed by atoms with van der Waals surface area (Å²) in [6.07, 6.45) is 10.9. The summed E-state index contributed by atoms with van der Waals surface area (Å²) in [6.45, 7) is 21.5. The summed E-state index contributed by atoms with van der Waals surface area (Å²) < 4.78 is 12.5. The van der Waals surface area contributed by atoms with Crippen molar-refractivity contribution in [3.8, 4) is 0 Å². The number of hydrogen-bond donors (Lipinski definition) is 1. The van der Waals surface area contributed by atoms with E-state index in [2.05, 4.69) is 55.0 Å². The molecule has 0 aliphatic heterocycles. The predicted octanol–water partition coefficient (Wildman–Crippen LogP) is 7.19. The topological polar surface area (TPSA) is 55.8 Å². The fourth-order valence-corrected chi connectivity index (χ4v) is 11.2. The van der Waals surface area contributed by atoms with Gasteiger partial charge < -0.3 is 14.3 Å². The molecule has 1 aliphatic carbocycles. The number of unbranched alkanes of at least 4 members (excludes halogenated alkanes) is 2. The number of carbonyl (C=O) groups is 1. The molecule has 1 fully saturated rings. The van der Waals surface area contributed by atoms with Crippen LogP contribution in [0.3, 0.4) is 0 Å². The van der Waals surface area contributed by atoms with Crippen LogP contribution < -0.4 is 0 Å². The summed E-state index contributed by atoms with van der Waals surface area (Å²) in [6, 6.07) is 0. The Morgan fingerprint density at radius 1 is 1.06 bits per heavy atom. The van der Waals surface area contributed by atoms with Gasteiger partial charge in [0.25, 0.3) is 0 Å². The van der Waals surface area contributed by atoms with Crippen molar-refractivity contribution in [1.29, 1.82) is 0 Å². The third-order valence-electron chi connectivity index (χ3n) is 7.20. The van der Waals surface area contributed by atoms with Gasteiger partial charge in [-0.05, 0) is 60.2 Å². The minimum Gasteiger partial charge on any atom is -0.458 e. The molecule has 5 atom stereocenters. The summed E-state index contributed by atoms with van der Waals surface area (Å²) >= 11 is 0. The van der Waals surface area contributed by atoms with Crippen molar-refractivity contribution < 1.29 is 19.1 Å². The molecule has 0 saturated heterocycles. The minimum absolute atomic E-state index is 0.119. The zero-order chi connectivity index (χ0) is 24.5. The zero-order valence-corrected chi connectivity index (χ0v) is 23.0. The van der Waals surface area contributed by atoms with E-state index in [1.54, 1.807) is 0 Å². The monoisotopic (exact) mass is 466 g/mol. The molecular weight excluding hydrogens is 416 g/mol. The van der Waals surface area contributed by atoms with E-state index in [-0.39, 0.29) is 24.1 Å². The first-order valence-electron chi connectivity index (χ1n) is 12.8. The SMILES string of the molecule is C=CC[C@H](O[Si](C(C)C)(C(C)C)C(C)C)[C@@H]1C[C@H]1[C@@H](O)/C=C/[C@@H](CCCCC)OC(C)=O. The van der Waals surface area contributed by atoms with Gasteiger partial charge in [-0.15, -0.1) is 6.58 Å².